The Morgan fingerprint density at radius 1 is 1.19 bits per heavy atom. The van der Waals surface area contributed by atoms with Crippen LogP contribution in [0.2, 0.25) is 0 Å². The van der Waals surface area contributed by atoms with Gasteiger partial charge in [-0.15, -0.1) is 0 Å². The molecule has 2 heterocycles. The van der Waals surface area contributed by atoms with E-state index in [-0.39, 0.29) is 22.1 Å². The summed E-state index contributed by atoms with van der Waals surface area (Å²) in [4.78, 5) is 16.5. The topological polar surface area (TPSA) is 112 Å². The number of hydrazone groups is 1. The zero-order chi connectivity index (χ0) is 22.2. The van der Waals surface area contributed by atoms with Gasteiger partial charge < -0.3 is 4.18 Å². The minimum Gasteiger partial charge on any atom is -0.379 e. The largest absolute Gasteiger partial charge is 0.379 e. The number of hydrogen-bond acceptors (Lipinski definition) is 7. The van der Waals surface area contributed by atoms with E-state index in [1.54, 1.807) is 24.3 Å². The SMILES string of the molecule is CCC1=NN2C(=N)/C(=C\c3cccc(OS(=O)(=O)c4ccc(C)cc4)c3)C(=O)N=C2S1. The molecule has 8 nitrogen and oxygen atoms in total. The molecule has 0 fully saturated rings. The summed E-state index contributed by atoms with van der Waals surface area (Å²) in [5, 5.41) is 15.1. The van der Waals surface area contributed by atoms with Crippen molar-refractivity contribution in [1.82, 2.24) is 5.01 Å². The fourth-order valence-electron chi connectivity index (χ4n) is 2.88. The molecule has 10 heteroatoms. The smallest absolute Gasteiger partial charge is 0.339 e. The average molecular weight is 455 g/mol. The number of aliphatic imine (C=N–C) groups is 1. The van der Waals surface area contributed by atoms with Gasteiger partial charge in [-0.2, -0.15) is 23.5 Å². The zero-order valence-corrected chi connectivity index (χ0v) is 18.3. The number of carbonyl (C=O) groups excluding carboxylic acids is 1. The summed E-state index contributed by atoms with van der Waals surface area (Å²) in [5.41, 5.74) is 1.49. The Bertz CT molecular complexity index is 1280. The Morgan fingerprint density at radius 3 is 2.65 bits per heavy atom. The number of carbonyl (C=O) groups is 1. The second kappa shape index (κ2) is 8.12. The van der Waals surface area contributed by atoms with E-state index in [2.05, 4.69) is 10.1 Å². The van der Waals surface area contributed by atoms with E-state index in [4.69, 9.17) is 9.59 Å². The predicted octanol–water partition coefficient (Wildman–Crippen LogP) is 3.79. The van der Waals surface area contributed by atoms with Crippen LogP contribution in [-0.2, 0) is 14.9 Å². The zero-order valence-electron chi connectivity index (χ0n) is 16.7. The van der Waals surface area contributed by atoms with Crippen molar-refractivity contribution in [3.63, 3.8) is 0 Å². The third-order valence-corrected chi connectivity index (χ3v) is 6.80. The molecule has 0 bridgehead atoms. The molecule has 0 aromatic heterocycles. The molecule has 0 saturated heterocycles. The van der Waals surface area contributed by atoms with Crippen molar-refractivity contribution in [1.29, 1.82) is 5.41 Å². The van der Waals surface area contributed by atoms with Crippen molar-refractivity contribution in [2.45, 2.75) is 25.2 Å². The Morgan fingerprint density at radius 2 is 1.94 bits per heavy atom. The molecule has 1 amide bonds. The van der Waals surface area contributed by atoms with Gasteiger partial charge in [0.05, 0.1) is 5.57 Å². The number of nitrogens with one attached hydrogen (secondary N) is 1. The highest BCUT2D eigenvalue weighted by molar-refractivity contribution is 8.26. The van der Waals surface area contributed by atoms with Crippen LogP contribution >= 0.6 is 11.8 Å². The molecular weight excluding hydrogens is 436 g/mol. The Labute approximate surface area is 184 Å². The monoisotopic (exact) mass is 454 g/mol. The fraction of sp³-hybridized carbons (Fsp3) is 0.143. The highest BCUT2D eigenvalue weighted by atomic mass is 32.2. The van der Waals surface area contributed by atoms with Gasteiger partial charge in [0.1, 0.15) is 15.7 Å². The first kappa shape index (κ1) is 21.0. The molecule has 2 aliphatic rings. The standard InChI is InChI=1S/C21H18N4O4S2/c1-3-18-24-25-19(22)17(20(26)23-21(25)30-18)12-14-5-4-6-15(11-14)29-31(27,28)16-9-7-13(2)8-10-16/h4-12,22H,3H2,1-2H3/b17-12+,22-19?. The molecule has 0 unspecified atom stereocenters. The van der Waals surface area contributed by atoms with Crippen LogP contribution in [0.4, 0.5) is 0 Å². The molecule has 2 aromatic carbocycles. The van der Waals surface area contributed by atoms with Gasteiger partial charge in [0.15, 0.2) is 5.84 Å². The minimum absolute atomic E-state index is 0.0454. The number of hydrogen-bond donors (Lipinski definition) is 1. The summed E-state index contributed by atoms with van der Waals surface area (Å²) in [6.07, 6.45) is 2.15. The molecule has 1 N–H and O–H groups in total. The van der Waals surface area contributed by atoms with Crippen LogP contribution in [0.1, 0.15) is 24.5 Å². The summed E-state index contributed by atoms with van der Waals surface area (Å²) in [6, 6.07) is 12.6. The van der Waals surface area contributed by atoms with Gasteiger partial charge in [-0.3, -0.25) is 10.2 Å². The summed E-state index contributed by atoms with van der Waals surface area (Å²) < 4.78 is 30.3. The van der Waals surface area contributed by atoms with E-state index in [1.807, 2.05) is 13.8 Å². The van der Waals surface area contributed by atoms with Crippen molar-refractivity contribution >= 4 is 49.9 Å². The molecule has 0 spiro atoms. The highest BCUT2D eigenvalue weighted by Gasteiger charge is 2.35. The van der Waals surface area contributed by atoms with Crippen molar-refractivity contribution in [2.75, 3.05) is 0 Å². The highest BCUT2D eigenvalue weighted by Crippen LogP contribution is 2.29. The number of rotatable bonds is 5. The maximum Gasteiger partial charge on any atom is 0.339 e. The van der Waals surface area contributed by atoms with Crippen LogP contribution in [0.25, 0.3) is 6.08 Å². The number of amidine groups is 2. The lowest BCUT2D eigenvalue weighted by Crippen LogP contribution is -2.35. The summed E-state index contributed by atoms with van der Waals surface area (Å²) in [6.45, 7) is 3.80. The number of thioether (sulfide) groups is 1. The lowest BCUT2D eigenvalue weighted by Gasteiger charge is -2.20. The number of aryl methyl sites for hydroxylation is 1. The number of fused-ring (bicyclic) bond motifs is 1. The molecule has 31 heavy (non-hydrogen) atoms. The number of benzene rings is 2. The Hall–Kier alpha value is -3.24. The van der Waals surface area contributed by atoms with E-state index in [9.17, 15) is 13.2 Å². The van der Waals surface area contributed by atoms with Gasteiger partial charge >= 0.3 is 10.1 Å². The van der Waals surface area contributed by atoms with E-state index in [0.717, 1.165) is 10.6 Å². The van der Waals surface area contributed by atoms with Crippen LogP contribution in [-0.4, -0.2) is 35.4 Å². The quantitative estimate of drug-likeness (QED) is 0.543. The first-order chi connectivity index (χ1) is 14.8. The fourth-order valence-corrected chi connectivity index (χ4v) is 4.62. The first-order valence-corrected chi connectivity index (χ1v) is 11.6. The van der Waals surface area contributed by atoms with Gasteiger partial charge in [0.25, 0.3) is 5.91 Å². The molecular formula is C21H18N4O4S2. The normalized spacial score (nSPS) is 17.5. The third kappa shape index (κ3) is 4.30. The second-order valence-electron chi connectivity index (χ2n) is 6.79. The summed E-state index contributed by atoms with van der Waals surface area (Å²) in [7, 11) is -4.00. The van der Waals surface area contributed by atoms with Gasteiger partial charge in [0, 0.05) is 0 Å². The predicted molar refractivity (Wildman–Crippen MR) is 121 cm³/mol. The van der Waals surface area contributed by atoms with Crippen molar-refractivity contribution < 1.29 is 17.4 Å². The Kier molecular flexibility index (Phi) is 5.50. The molecule has 0 aliphatic carbocycles. The van der Waals surface area contributed by atoms with E-state index >= 15 is 0 Å². The molecule has 0 atom stereocenters. The molecule has 0 radical (unpaired) electrons. The molecule has 0 saturated carbocycles. The molecule has 158 valence electrons. The van der Waals surface area contributed by atoms with E-state index in [0.29, 0.717) is 17.2 Å². The van der Waals surface area contributed by atoms with E-state index < -0.39 is 16.0 Å². The maximum absolute atomic E-state index is 12.5. The lowest BCUT2D eigenvalue weighted by molar-refractivity contribution is -0.114. The molecule has 4 rings (SSSR count). The van der Waals surface area contributed by atoms with Gasteiger partial charge in [0.2, 0.25) is 5.17 Å². The average Bonchev–Trinajstić information content (AvgIpc) is 3.15. The van der Waals surface area contributed by atoms with Crippen molar-refractivity contribution in [3.05, 3.63) is 65.2 Å². The van der Waals surface area contributed by atoms with Crippen molar-refractivity contribution in [3.8, 4) is 5.75 Å². The maximum atomic E-state index is 12.5. The van der Waals surface area contributed by atoms with Crippen LogP contribution in [0, 0.1) is 12.3 Å². The number of amides is 1. The summed E-state index contributed by atoms with van der Waals surface area (Å²) >= 11 is 1.27. The number of nitrogens with zero attached hydrogens (tertiary/aromatic N) is 3. The second-order valence-corrected chi connectivity index (χ2v) is 9.38. The van der Waals surface area contributed by atoms with Crippen LogP contribution in [0.3, 0.4) is 0 Å². The third-order valence-electron chi connectivity index (χ3n) is 4.48. The summed E-state index contributed by atoms with van der Waals surface area (Å²) in [5.74, 6) is -0.531. The lowest BCUT2D eigenvalue weighted by atomic mass is 10.1. The van der Waals surface area contributed by atoms with Crippen LogP contribution < -0.4 is 4.18 Å². The van der Waals surface area contributed by atoms with Gasteiger partial charge in [-0.1, -0.05) is 36.8 Å². The van der Waals surface area contributed by atoms with Crippen molar-refractivity contribution in [2.24, 2.45) is 10.1 Å². The Balaban J connectivity index is 1.61. The van der Waals surface area contributed by atoms with Crippen LogP contribution in [0.5, 0.6) is 5.75 Å². The van der Waals surface area contributed by atoms with Gasteiger partial charge in [-0.25, -0.2) is 0 Å². The van der Waals surface area contributed by atoms with E-state index in [1.165, 1.54) is 47.1 Å². The van der Waals surface area contributed by atoms with Gasteiger partial charge in [-0.05, 0) is 61.0 Å². The van der Waals surface area contributed by atoms with Crippen LogP contribution in [0.15, 0.2) is 69.1 Å². The minimum atomic E-state index is -4.00. The molecule has 2 aliphatic heterocycles. The molecule has 2 aromatic rings. The first-order valence-electron chi connectivity index (χ1n) is 9.37.